The monoisotopic (exact) mass is 433 g/mol. The molecule has 0 saturated heterocycles. The lowest BCUT2D eigenvalue weighted by Crippen LogP contribution is -2.34. The van der Waals surface area contributed by atoms with Gasteiger partial charge in [-0.2, -0.15) is 0 Å². The van der Waals surface area contributed by atoms with Gasteiger partial charge < -0.3 is 20.5 Å². The zero-order valence-corrected chi connectivity index (χ0v) is 16.6. The molecule has 2 rings (SSSR count). The number of hydrogen-bond acceptors (Lipinski definition) is 3. The Morgan fingerprint density at radius 1 is 1.26 bits per heavy atom. The second-order valence-electron chi connectivity index (χ2n) is 6.22. The molecule has 0 atom stereocenters. The molecule has 0 aliphatic carbocycles. The molecule has 0 bridgehead atoms. The molecule has 1 aliphatic heterocycles. The highest BCUT2D eigenvalue weighted by Gasteiger charge is 2.23. The molecule has 0 saturated carbocycles. The average Bonchev–Trinajstić information content (AvgIpc) is 2.53. The third kappa shape index (κ3) is 5.75. The summed E-state index contributed by atoms with van der Waals surface area (Å²) < 4.78 is 11.2. The fraction of sp³-hybridized carbons (Fsp3) is 0.588. The number of rotatable bonds is 6. The number of benzene rings is 1. The van der Waals surface area contributed by atoms with Gasteiger partial charge in [-0.3, -0.25) is 4.99 Å². The van der Waals surface area contributed by atoms with Crippen molar-refractivity contribution in [3.8, 4) is 11.5 Å². The number of unbranched alkanes of at least 4 members (excludes halogenated alkanes) is 1. The van der Waals surface area contributed by atoms with Crippen LogP contribution in [0.1, 0.15) is 39.2 Å². The van der Waals surface area contributed by atoms with Crippen molar-refractivity contribution in [2.45, 2.75) is 39.0 Å². The number of guanidine groups is 1. The van der Waals surface area contributed by atoms with Crippen LogP contribution in [0, 0.1) is 0 Å². The molecule has 0 spiro atoms. The van der Waals surface area contributed by atoms with Crippen molar-refractivity contribution in [2.24, 2.45) is 10.7 Å². The zero-order valence-electron chi connectivity index (χ0n) is 14.2. The highest BCUT2D eigenvalue weighted by molar-refractivity contribution is 14.0. The lowest BCUT2D eigenvalue weighted by Gasteiger charge is -2.26. The van der Waals surface area contributed by atoms with Crippen molar-refractivity contribution in [2.75, 3.05) is 26.3 Å². The minimum absolute atomic E-state index is 0. The molecule has 1 aromatic carbocycles. The molecule has 0 unspecified atom stereocenters. The van der Waals surface area contributed by atoms with Crippen LogP contribution >= 0.6 is 24.0 Å². The van der Waals surface area contributed by atoms with Crippen LogP contribution in [0.25, 0.3) is 0 Å². The van der Waals surface area contributed by atoms with Crippen molar-refractivity contribution in [1.82, 2.24) is 5.32 Å². The first kappa shape index (κ1) is 19.9. The number of nitrogens with two attached hydrogens (primary N) is 1. The van der Waals surface area contributed by atoms with Crippen molar-refractivity contribution in [1.29, 1.82) is 0 Å². The summed E-state index contributed by atoms with van der Waals surface area (Å²) in [6, 6.07) is 6.09. The van der Waals surface area contributed by atoms with Crippen LogP contribution in [-0.4, -0.2) is 32.3 Å². The summed E-state index contributed by atoms with van der Waals surface area (Å²) in [5.41, 5.74) is 6.96. The van der Waals surface area contributed by atoms with Crippen molar-refractivity contribution in [3.05, 3.63) is 23.8 Å². The van der Waals surface area contributed by atoms with E-state index in [1.165, 1.54) is 5.56 Å². The summed E-state index contributed by atoms with van der Waals surface area (Å²) in [6.45, 7) is 9.17. The fourth-order valence-electron chi connectivity index (χ4n) is 2.29. The first-order chi connectivity index (χ1) is 10.5. The Bertz CT molecular complexity index is 533. The predicted molar refractivity (Wildman–Crippen MR) is 105 cm³/mol. The van der Waals surface area contributed by atoms with E-state index in [2.05, 4.69) is 37.1 Å². The van der Waals surface area contributed by atoms with Gasteiger partial charge in [-0.15, -0.1) is 24.0 Å². The van der Waals surface area contributed by atoms with Crippen molar-refractivity contribution in [3.63, 3.8) is 0 Å². The summed E-state index contributed by atoms with van der Waals surface area (Å²) in [7, 11) is 0. The Morgan fingerprint density at radius 2 is 1.96 bits per heavy atom. The SMILES string of the molecule is CCCCNC(N)=NCC(C)(C)c1ccc2c(c1)OCCO2.I. The van der Waals surface area contributed by atoms with Crippen LogP contribution in [0.4, 0.5) is 0 Å². The Balaban J connectivity index is 0.00000264. The van der Waals surface area contributed by atoms with Gasteiger partial charge in [0.15, 0.2) is 17.5 Å². The summed E-state index contributed by atoms with van der Waals surface area (Å²) in [4.78, 5) is 4.47. The van der Waals surface area contributed by atoms with Crippen LogP contribution in [0.5, 0.6) is 11.5 Å². The molecule has 5 nitrogen and oxygen atoms in total. The lowest BCUT2D eigenvalue weighted by molar-refractivity contribution is 0.171. The molecule has 0 fully saturated rings. The van der Waals surface area contributed by atoms with E-state index in [0.29, 0.717) is 25.7 Å². The Labute approximate surface area is 156 Å². The lowest BCUT2D eigenvalue weighted by atomic mass is 9.84. The second-order valence-corrected chi connectivity index (χ2v) is 6.22. The molecular weight excluding hydrogens is 405 g/mol. The number of ether oxygens (including phenoxy) is 2. The number of nitrogens with one attached hydrogen (secondary N) is 1. The molecule has 0 amide bonds. The standard InChI is InChI=1S/C17H27N3O2.HI/c1-4-5-8-19-16(18)20-12-17(2,3)13-6-7-14-15(11-13)22-10-9-21-14;/h6-7,11H,4-5,8-10,12H2,1-3H3,(H3,18,19,20);1H. The van der Waals surface area contributed by atoms with E-state index in [4.69, 9.17) is 15.2 Å². The number of fused-ring (bicyclic) bond motifs is 1. The minimum atomic E-state index is -0.118. The Kier molecular flexibility index (Phi) is 7.94. The van der Waals surface area contributed by atoms with Gasteiger partial charge in [0.05, 0.1) is 6.54 Å². The van der Waals surface area contributed by atoms with Crippen LogP contribution in [0.2, 0.25) is 0 Å². The van der Waals surface area contributed by atoms with E-state index >= 15 is 0 Å². The van der Waals surface area contributed by atoms with Gasteiger partial charge in [0.1, 0.15) is 13.2 Å². The molecule has 6 heteroatoms. The normalized spacial score (nSPS) is 14.1. The van der Waals surface area contributed by atoms with E-state index in [1.807, 2.05) is 12.1 Å². The largest absolute Gasteiger partial charge is 0.486 e. The molecule has 3 N–H and O–H groups in total. The van der Waals surface area contributed by atoms with Gasteiger partial charge in [-0.25, -0.2) is 0 Å². The molecule has 1 aromatic rings. The Hall–Kier alpha value is -1.18. The predicted octanol–water partition coefficient (Wildman–Crippen LogP) is 3.06. The topological polar surface area (TPSA) is 68.9 Å². The van der Waals surface area contributed by atoms with Crippen molar-refractivity contribution >= 4 is 29.9 Å². The first-order valence-corrected chi connectivity index (χ1v) is 7.97. The molecule has 0 aromatic heterocycles. The summed E-state index contributed by atoms with van der Waals surface area (Å²) >= 11 is 0. The maximum Gasteiger partial charge on any atom is 0.188 e. The number of hydrogen-bond donors (Lipinski definition) is 2. The van der Waals surface area contributed by atoms with E-state index < -0.39 is 0 Å². The summed E-state index contributed by atoms with van der Waals surface area (Å²) in [6.07, 6.45) is 2.24. The third-order valence-electron chi connectivity index (χ3n) is 3.80. The number of aliphatic imine (C=N–C) groups is 1. The summed E-state index contributed by atoms with van der Waals surface area (Å²) in [5.74, 6) is 2.14. The number of halogens is 1. The first-order valence-electron chi connectivity index (χ1n) is 7.97. The van der Waals surface area contributed by atoms with Gasteiger partial charge in [0, 0.05) is 12.0 Å². The molecular formula is C17H28IN3O2. The highest BCUT2D eigenvalue weighted by atomic mass is 127. The molecule has 23 heavy (non-hydrogen) atoms. The quantitative estimate of drug-likeness (QED) is 0.313. The van der Waals surface area contributed by atoms with Gasteiger partial charge >= 0.3 is 0 Å². The van der Waals surface area contributed by atoms with E-state index in [1.54, 1.807) is 0 Å². The maximum absolute atomic E-state index is 5.90. The molecule has 1 heterocycles. The number of nitrogens with zero attached hydrogens (tertiary/aromatic N) is 1. The minimum Gasteiger partial charge on any atom is -0.486 e. The van der Waals surface area contributed by atoms with Crippen LogP contribution in [0.3, 0.4) is 0 Å². The third-order valence-corrected chi connectivity index (χ3v) is 3.80. The second kappa shape index (κ2) is 9.20. The smallest absolute Gasteiger partial charge is 0.188 e. The molecule has 0 radical (unpaired) electrons. The molecule has 1 aliphatic rings. The highest BCUT2D eigenvalue weighted by Crippen LogP contribution is 2.35. The Morgan fingerprint density at radius 3 is 2.65 bits per heavy atom. The fourth-order valence-corrected chi connectivity index (χ4v) is 2.29. The zero-order chi connectivity index (χ0) is 16.0. The van der Waals surface area contributed by atoms with Crippen LogP contribution < -0.4 is 20.5 Å². The van der Waals surface area contributed by atoms with Crippen LogP contribution in [0.15, 0.2) is 23.2 Å². The molecule has 130 valence electrons. The van der Waals surface area contributed by atoms with Crippen LogP contribution in [-0.2, 0) is 5.41 Å². The van der Waals surface area contributed by atoms with E-state index in [9.17, 15) is 0 Å². The van der Waals surface area contributed by atoms with Gasteiger partial charge in [0.25, 0.3) is 0 Å². The maximum atomic E-state index is 5.90. The summed E-state index contributed by atoms with van der Waals surface area (Å²) in [5, 5.41) is 3.14. The van der Waals surface area contributed by atoms with Gasteiger partial charge in [0.2, 0.25) is 0 Å². The van der Waals surface area contributed by atoms with Gasteiger partial charge in [-0.05, 0) is 24.1 Å². The van der Waals surface area contributed by atoms with Crippen molar-refractivity contribution < 1.29 is 9.47 Å². The van der Waals surface area contributed by atoms with Gasteiger partial charge in [-0.1, -0.05) is 33.3 Å². The average molecular weight is 433 g/mol. The van der Waals surface area contributed by atoms with E-state index in [0.717, 1.165) is 30.9 Å². The van der Waals surface area contributed by atoms with E-state index in [-0.39, 0.29) is 29.4 Å².